The molecule has 1 aromatic heterocycles. The van der Waals surface area contributed by atoms with E-state index in [9.17, 15) is 0 Å². The fourth-order valence-corrected chi connectivity index (χ4v) is 4.98. The molecule has 3 aromatic rings. The standard InChI is InChI=1S/C29H36N4O3/c1-34-26-13-11-24(12-14-26)22-36-28-21-27(32-16-18-35-19-17-32)30-29(31-28)33-15-7-3-6-10-25(33)20-23-8-4-2-5-9-23/h2,4-5,8-9,11-14,21,25H,3,6-7,10,15-20,22H2,1H3/t25-/m1/s1. The second-order valence-corrected chi connectivity index (χ2v) is 9.49. The van der Waals surface area contributed by atoms with Crippen molar-refractivity contribution in [2.45, 2.75) is 44.8 Å². The predicted molar refractivity (Wildman–Crippen MR) is 142 cm³/mol. The molecule has 0 unspecified atom stereocenters. The second-order valence-electron chi connectivity index (χ2n) is 9.49. The van der Waals surface area contributed by atoms with Crippen molar-refractivity contribution < 1.29 is 14.2 Å². The molecule has 2 fully saturated rings. The van der Waals surface area contributed by atoms with E-state index >= 15 is 0 Å². The van der Waals surface area contributed by atoms with Gasteiger partial charge in [0.2, 0.25) is 11.8 Å². The van der Waals surface area contributed by atoms with Crippen LogP contribution in [0.4, 0.5) is 11.8 Å². The first-order valence-corrected chi connectivity index (χ1v) is 13.1. The number of hydrogen-bond donors (Lipinski definition) is 0. The quantitative estimate of drug-likeness (QED) is 0.447. The molecule has 1 atom stereocenters. The lowest BCUT2D eigenvalue weighted by Crippen LogP contribution is -2.39. The van der Waals surface area contributed by atoms with Crippen molar-refractivity contribution in [3.63, 3.8) is 0 Å². The maximum atomic E-state index is 6.24. The minimum atomic E-state index is 0.365. The van der Waals surface area contributed by atoms with Crippen LogP contribution in [0.5, 0.6) is 11.6 Å². The maximum absolute atomic E-state index is 6.24. The van der Waals surface area contributed by atoms with Gasteiger partial charge in [0.05, 0.1) is 20.3 Å². The van der Waals surface area contributed by atoms with Crippen LogP contribution in [-0.4, -0.2) is 56.0 Å². The van der Waals surface area contributed by atoms with Gasteiger partial charge in [-0.1, -0.05) is 55.3 Å². The van der Waals surface area contributed by atoms with E-state index in [1.165, 1.54) is 18.4 Å². The van der Waals surface area contributed by atoms with Gasteiger partial charge in [-0.3, -0.25) is 0 Å². The van der Waals surface area contributed by atoms with E-state index in [1.54, 1.807) is 7.11 Å². The Morgan fingerprint density at radius 3 is 2.47 bits per heavy atom. The van der Waals surface area contributed by atoms with Crippen molar-refractivity contribution in [2.24, 2.45) is 0 Å². The molecule has 0 radical (unpaired) electrons. The van der Waals surface area contributed by atoms with Gasteiger partial charge >= 0.3 is 0 Å². The number of rotatable bonds is 8. The average molecular weight is 489 g/mol. The highest BCUT2D eigenvalue weighted by Crippen LogP contribution is 2.29. The van der Waals surface area contributed by atoms with Crippen LogP contribution in [0.25, 0.3) is 0 Å². The van der Waals surface area contributed by atoms with Crippen LogP contribution in [0.2, 0.25) is 0 Å². The van der Waals surface area contributed by atoms with E-state index in [0.717, 1.165) is 62.0 Å². The molecular weight excluding hydrogens is 452 g/mol. The molecule has 0 aliphatic carbocycles. The SMILES string of the molecule is COc1ccc(COc2cc(N3CCOCC3)nc(N3CCCCC[C@@H]3Cc3ccccc3)n2)cc1. The van der Waals surface area contributed by atoms with Crippen molar-refractivity contribution in [3.05, 3.63) is 71.8 Å². The van der Waals surface area contributed by atoms with E-state index in [1.807, 2.05) is 30.3 Å². The first kappa shape index (κ1) is 24.4. The summed E-state index contributed by atoms with van der Waals surface area (Å²) < 4.78 is 17.1. The van der Waals surface area contributed by atoms with Gasteiger partial charge in [0.25, 0.3) is 0 Å². The van der Waals surface area contributed by atoms with Crippen molar-refractivity contribution >= 4 is 11.8 Å². The van der Waals surface area contributed by atoms with E-state index in [2.05, 4.69) is 40.1 Å². The molecule has 2 aliphatic heterocycles. The Morgan fingerprint density at radius 1 is 0.889 bits per heavy atom. The lowest BCUT2D eigenvalue weighted by molar-refractivity contribution is 0.122. The number of nitrogens with zero attached hydrogens (tertiary/aromatic N) is 4. The van der Waals surface area contributed by atoms with Crippen LogP contribution in [-0.2, 0) is 17.8 Å². The van der Waals surface area contributed by atoms with Crippen LogP contribution in [0.3, 0.4) is 0 Å². The summed E-state index contributed by atoms with van der Waals surface area (Å²) >= 11 is 0. The fourth-order valence-electron chi connectivity index (χ4n) is 4.98. The van der Waals surface area contributed by atoms with Crippen LogP contribution >= 0.6 is 0 Å². The van der Waals surface area contributed by atoms with Gasteiger partial charge < -0.3 is 24.0 Å². The summed E-state index contributed by atoms with van der Waals surface area (Å²) in [5.41, 5.74) is 2.43. The molecule has 7 nitrogen and oxygen atoms in total. The zero-order chi connectivity index (χ0) is 24.6. The number of hydrogen-bond acceptors (Lipinski definition) is 7. The molecule has 0 N–H and O–H groups in total. The Kier molecular flexibility index (Phi) is 8.18. The molecule has 2 aromatic carbocycles. The first-order valence-electron chi connectivity index (χ1n) is 13.1. The molecular formula is C29H36N4O3. The van der Waals surface area contributed by atoms with E-state index in [4.69, 9.17) is 24.2 Å². The Hall–Kier alpha value is -3.32. The zero-order valence-electron chi connectivity index (χ0n) is 21.1. The second kappa shape index (κ2) is 12.1. The first-order chi connectivity index (χ1) is 17.8. The molecule has 7 heteroatoms. The molecule has 0 spiro atoms. The van der Waals surface area contributed by atoms with Gasteiger partial charge in [0.1, 0.15) is 18.2 Å². The predicted octanol–water partition coefficient (Wildman–Crippen LogP) is 4.89. The van der Waals surface area contributed by atoms with Crippen molar-refractivity contribution in [2.75, 3.05) is 49.8 Å². The summed E-state index contributed by atoms with van der Waals surface area (Å²) in [6, 6.07) is 21.1. The van der Waals surface area contributed by atoms with Crippen LogP contribution in [0, 0.1) is 0 Å². The monoisotopic (exact) mass is 488 g/mol. The highest BCUT2D eigenvalue weighted by Gasteiger charge is 2.26. The third-order valence-electron chi connectivity index (χ3n) is 7.01. The van der Waals surface area contributed by atoms with Crippen molar-refractivity contribution in [1.29, 1.82) is 0 Å². The summed E-state index contributed by atoms with van der Waals surface area (Å²) in [7, 11) is 1.68. The number of morpholine rings is 1. The van der Waals surface area contributed by atoms with Crippen LogP contribution < -0.4 is 19.3 Å². The minimum Gasteiger partial charge on any atom is -0.497 e. The number of benzene rings is 2. The van der Waals surface area contributed by atoms with Gasteiger partial charge in [0, 0.05) is 31.7 Å². The molecule has 5 rings (SSSR count). The number of anilines is 2. The molecule has 190 valence electrons. The van der Waals surface area contributed by atoms with Crippen LogP contribution in [0.1, 0.15) is 36.8 Å². The summed E-state index contributed by atoms with van der Waals surface area (Å²) in [5.74, 6) is 3.13. The van der Waals surface area contributed by atoms with Gasteiger partial charge in [-0.05, 0) is 42.5 Å². The lowest BCUT2D eigenvalue weighted by Gasteiger charge is -2.32. The average Bonchev–Trinajstić information content (AvgIpc) is 3.18. The number of ether oxygens (including phenoxy) is 3. The third-order valence-corrected chi connectivity index (χ3v) is 7.01. The third kappa shape index (κ3) is 6.26. The van der Waals surface area contributed by atoms with Gasteiger partial charge in [-0.25, -0.2) is 0 Å². The van der Waals surface area contributed by atoms with E-state index in [0.29, 0.717) is 31.7 Å². The van der Waals surface area contributed by atoms with Crippen molar-refractivity contribution in [3.8, 4) is 11.6 Å². The van der Waals surface area contributed by atoms with Gasteiger partial charge in [-0.15, -0.1) is 0 Å². The molecule has 3 heterocycles. The summed E-state index contributed by atoms with van der Waals surface area (Å²) in [4.78, 5) is 14.7. The van der Waals surface area contributed by atoms with E-state index in [-0.39, 0.29) is 0 Å². The Labute approximate surface area is 214 Å². The Morgan fingerprint density at radius 2 is 1.69 bits per heavy atom. The topological polar surface area (TPSA) is 60.0 Å². The summed E-state index contributed by atoms with van der Waals surface area (Å²) in [6.45, 7) is 4.46. The fraction of sp³-hybridized carbons (Fsp3) is 0.448. The largest absolute Gasteiger partial charge is 0.497 e. The lowest BCUT2D eigenvalue weighted by atomic mass is 10.0. The molecule has 0 bridgehead atoms. The highest BCUT2D eigenvalue weighted by atomic mass is 16.5. The Balaban J connectivity index is 1.42. The zero-order valence-corrected chi connectivity index (χ0v) is 21.1. The van der Waals surface area contributed by atoms with Crippen molar-refractivity contribution in [1.82, 2.24) is 9.97 Å². The molecule has 2 saturated heterocycles. The Bertz CT molecular complexity index is 1090. The maximum Gasteiger partial charge on any atom is 0.230 e. The van der Waals surface area contributed by atoms with Crippen LogP contribution in [0.15, 0.2) is 60.7 Å². The minimum absolute atomic E-state index is 0.365. The van der Waals surface area contributed by atoms with Gasteiger partial charge in [-0.2, -0.15) is 9.97 Å². The molecule has 0 amide bonds. The molecule has 0 saturated carbocycles. The number of methoxy groups -OCH3 is 1. The number of aromatic nitrogens is 2. The van der Waals surface area contributed by atoms with E-state index < -0.39 is 0 Å². The normalized spacial score (nSPS) is 18.5. The highest BCUT2D eigenvalue weighted by molar-refractivity contribution is 5.49. The molecule has 36 heavy (non-hydrogen) atoms. The summed E-state index contributed by atoms with van der Waals surface area (Å²) in [5, 5.41) is 0. The molecule has 2 aliphatic rings. The van der Waals surface area contributed by atoms with Gasteiger partial charge in [0.15, 0.2) is 0 Å². The smallest absolute Gasteiger partial charge is 0.230 e. The summed E-state index contributed by atoms with van der Waals surface area (Å²) in [6.07, 6.45) is 5.76.